The second-order valence-corrected chi connectivity index (χ2v) is 8.48. The van der Waals surface area contributed by atoms with Crippen LogP contribution in [0.1, 0.15) is 34.9 Å². The van der Waals surface area contributed by atoms with Crippen molar-refractivity contribution in [2.45, 2.75) is 37.8 Å². The molecule has 1 aliphatic carbocycles. The van der Waals surface area contributed by atoms with Gasteiger partial charge in [0.1, 0.15) is 12.6 Å². The zero-order valence-electron chi connectivity index (χ0n) is 15.4. The summed E-state index contributed by atoms with van der Waals surface area (Å²) >= 11 is 1.69. The van der Waals surface area contributed by atoms with E-state index in [4.69, 9.17) is 0 Å². The number of nitrogens with one attached hydrogen (secondary N) is 2. The lowest BCUT2D eigenvalue weighted by molar-refractivity contribution is -0.137. The number of nitrogens with zero attached hydrogens (tertiary/aromatic N) is 2. The topological polar surface area (TPSA) is 64.7 Å². The van der Waals surface area contributed by atoms with Crippen molar-refractivity contribution in [1.82, 2.24) is 15.3 Å². The second kappa shape index (κ2) is 7.07. The highest BCUT2D eigenvalue weighted by Gasteiger charge is 2.40. The molecule has 0 bridgehead atoms. The highest BCUT2D eigenvalue weighted by Crippen LogP contribution is 2.32. The van der Waals surface area contributed by atoms with Crippen LogP contribution in [-0.4, -0.2) is 34.3 Å². The SMILES string of the molecule is O=C(CN1C=CN2NC(c3cccs3)CC2C1=O)Nc1ccc2c(c1)CCC2. The fraction of sp³-hybridized carbons (Fsp3) is 0.333. The molecule has 28 heavy (non-hydrogen) atoms. The maximum Gasteiger partial charge on any atom is 0.251 e. The number of hydrogen-bond acceptors (Lipinski definition) is 5. The summed E-state index contributed by atoms with van der Waals surface area (Å²) in [6.07, 6.45) is 7.61. The van der Waals surface area contributed by atoms with Gasteiger partial charge in [0, 0.05) is 29.4 Å². The molecule has 2 unspecified atom stereocenters. The Morgan fingerprint density at radius 3 is 2.96 bits per heavy atom. The molecule has 2 amide bonds. The summed E-state index contributed by atoms with van der Waals surface area (Å²) in [7, 11) is 0. The summed E-state index contributed by atoms with van der Waals surface area (Å²) in [5.41, 5.74) is 6.87. The van der Waals surface area contributed by atoms with Crippen LogP contribution in [0.5, 0.6) is 0 Å². The van der Waals surface area contributed by atoms with Gasteiger partial charge in [-0.25, -0.2) is 5.43 Å². The molecule has 0 radical (unpaired) electrons. The highest BCUT2D eigenvalue weighted by molar-refractivity contribution is 7.10. The average Bonchev–Trinajstić information content (AvgIpc) is 3.43. The summed E-state index contributed by atoms with van der Waals surface area (Å²) in [5, 5.41) is 6.84. The fourth-order valence-corrected chi connectivity index (χ4v) is 5.03. The number of hydrazine groups is 1. The van der Waals surface area contributed by atoms with Crippen molar-refractivity contribution in [3.63, 3.8) is 0 Å². The molecule has 7 heteroatoms. The van der Waals surface area contributed by atoms with E-state index in [1.165, 1.54) is 27.3 Å². The molecule has 1 aromatic heterocycles. The van der Waals surface area contributed by atoms with Crippen LogP contribution in [0.25, 0.3) is 0 Å². The van der Waals surface area contributed by atoms with Gasteiger partial charge < -0.3 is 15.2 Å². The van der Waals surface area contributed by atoms with Crippen molar-refractivity contribution in [1.29, 1.82) is 0 Å². The molecule has 2 N–H and O–H groups in total. The minimum atomic E-state index is -0.273. The van der Waals surface area contributed by atoms with Crippen LogP contribution in [0.3, 0.4) is 0 Å². The van der Waals surface area contributed by atoms with Crippen LogP contribution in [0, 0.1) is 0 Å². The van der Waals surface area contributed by atoms with Crippen LogP contribution < -0.4 is 10.7 Å². The first kappa shape index (κ1) is 17.5. The number of carbonyl (C=O) groups excluding carboxylic acids is 2. The van der Waals surface area contributed by atoms with Gasteiger partial charge in [-0.15, -0.1) is 11.3 Å². The van der Waals surface area contributed by atoms with Crippen molar-refractivity contribution in [3.8, 4) is 0 Å². The highest BCUT2D eigenvalue weighted by atomic mass is 32.1. The third-order valence-electron chi connectivity index (χ3n) is 5.66. The Morgan fingerprint density at radius 2 is 2.11 bits per heavy atom. The molecule has 2 aliphatic heterocycles. The summed E-state index contributed by atoms with van der Waals surface area (Å²) in [6.45, 7) is 0.0282. The molecule has 144 valence electrons. The summed E-state index contributed by atoms with van der Waals surface area (Å²) in [6, 6.07) is 10.1. The number of amides is 2. The van der Waals surface area contributed by atoms with Crippen molar-refractivity contribution in [2.24, 2.45) is 0 Å². The monoisotopic (exact) mass is 394 g/mol. The number of rotatable bonds is 4. The predicted molar refractivity (Wildman–Crippen MR) is 108 cm³/mol. The summed E-state index contributed by atoms with van der Waals surface area (Å²) in [5.74, 6) is -0.219. The second-order valence-electron chi connectivity index (χ2n) is 7.51. The standard InChI is InChI=1S/C21H22N4O2S/c26-20(22-16-7-6-14-3-1-4-15(14)11-16)13-24-8-9-25-18(21(24)27)12-17(23-25)19-5-2-10-28-19/h2,5-11,17-18,23H,1,3-4,12-13H2,(H,22,26). The molecule has 1 aromatic carbocycles. The number of fused-ring (bicyclic) bond motifs is 2. The first-order valence-electron chi connectivity index (χ1n) is 9.66. The zero-order valence-corrected chi connectivity index (χ0v) is 16.2. The third kappa shape index (κ3) is 3.21. The quantitative estimate of drug-likeness (QED) is 0.837. The first-order chi connectivity index (χ1) is 13.7. The van der Waals surface area contributed by atoms with Crippen LogP contribution in [-0.2, 0) is 22.4 Å². The van der Waals surface area contributed by atoms with Gasteiger partial charge in [0.25, 0.3) is 5.91 Å². The van der Waals surface area contributed by atoms with E-state index < -0.39 is 0 Å². The lowest BCUT2D eigenvalue weighted by Gasteiger charge is -2.31. The largest absolute Gasteiger partial charge is 0.325 e. The van der Waals surface area contributed by atoms with E-state index in [2.05, 4.69) is 28.9 Å². The van der Waals surface area contributed by atoms with Gasteiger partial charge in [-0.1, -0.05) is 12.1 Å². The van der Waals surface area contributed by atoms with Crippen molar-refractivity contribution in [2.75, 3.05) is 11.9 Å². The molecule has 3 aliphatic rings. The minimum absolute atomic E-state index is 0.0282. The molecular weight excluding hydrogens is 372 g/mol. The lowest BCUT2D eigenvalue weighted by Crippen LogP contribution is -2.49. The number of carbonyl (C=O) groups is 2. The van der Waals surface area contributed by atoms with E-state index in [-0.39, 0.29) is 30.4 Å². The Kier molecular flexibility index (Phi) is 4.41. The molecule has 5 rings (SSSR count). The Hall–Kier alpha value is -2.64. The maximum absolute atomic E-state index is 12.9. The molecule has 0 saturated carbocycles. The molecule has 2 atom stereocenters. The van der Waals surface area contributed by atoms with E-state index in [0.717, 1.165) is 18.5 Å². The third-order valence-corrected chi connectivity index (χ3v) is 6.64. The Morgan fingerprint density at radius 1 is 1.21 bits per heavy atom. The average molecular weight is 395 g/mol. The molecule has 6 nitrogen and oxygen atoms in total. The fourth-order valence-electron chi connectivity index (χ4n) is 4.25. The Labute approximate surface area is 167 Å². The van der Waals surface area contributed by atoms with Crippen molar-refractivity contribution >= 4 is 28.8 Å². The summed E-state index contributed by atoms with van der Waals surface area (Å²) in [4.78, 5) is 28.1. The number of hydrogen-bond donors (Lipinski definition) is 2. The van der Waals surface area contributed by atoms with Crippen LogP contribution in [0.4, 0.5) is 5.69 Å². The van der Waals surface area contributed by atoms with Gasteiger partial charge in [-0.2, -0.15) is 0 Å². The van der Waals surface area contributed by atoms with Crippen LogP contribution in [0.15, 0.2) is 48.1 Å². The predicted octanol–water partition coefficient (Wildman–Crippen LogP) is 2.81. The minimum Gasteiger partial charge on any atom is -0.325 e. The summed E-state index contributed by atoms with van der Waals surface area (Å²) < 4.78 is 0. The molecule has 2 aromatic rings. The van der Waals surface area contributed by atoms with Gasteiger partial charge in [0.15, 0.2) is 0 Å². The van der Waals surface area contributed by atoms with Gasteiger partial charge in [0.05, 0.1) is 6.04 Å². The van der Waals surface area contributed by atoms with Gasteiger partial charge in [0.2, 0.25) is 5.91 Å². The maximum atomic E-state index is 12.9. The van der Waals surface area contributed by atoms with E-state index in [9.17, 15) is 9.59 Å². The number of thiophene rings is 1. The van der Waals surface area contributed by atoms with Crippen LogP contribution in [0.2, 0.25) is 0 Å². The van der Waals surface area contributed by atoms with E-state index in [1.807, 2.05) is 28.7 Å². The Balaban J connectivity index is 1.22. The zero-order chi connectivity index (χ0) is 19.1. The number of anilines is 1. The Bertz CT molecular complexity index is 940. The van der Waals surface area contributed by atoms with Crippen molar-refractivity contribution < 1.29 is 9.59 Å². The molecule has 1 saturated heterocycles. The van der Waals surface area contributed by atoms with E-state index in [0.29, 0.717) is 6.42 Å². The van der Waals surface area contributed by atoms with Gasteiger partial charge >= 0.3 is 0 Å². The van der Waals surface area contributed by atoms with Gasteiger partial charge in [-0.3, -0.25) is 9.59 Å². The van der Waals surface area contributed by atoms with E-state index >= 15 is 0 Å². The lowest BCUT2D eigenvalue weighted by atomic mass is 10.1. The molecule has 3 heterocycles. The normalized spacial score (nSPS) is 23.1. The number of aryl methyl sites for hydroxylation is 2. The van der Waals surface area contributed by atoms with Crippen LogP contribution >= 0.6 is 11.3 Å². The number of benzene rings is 1. The van der Waals surface area contributed by atoms with Gasteiger partial charge in [-0.05, 0) is 54.0 Å². The molecular formula is C21H22N4O2S. The van der Waals surface area contributed by atoms with Crippen molar-refractivity contribution in [3.05, 3.63) is 64.1 Å². The smallest absolute Gasteiger partial charge is 0.251 e. The first-order valence-corrected chi connectivity index (χ1v) is 10.5. The van der Waals surface area contributed by atoms with E-state index in [1.54, 1.807) is 17.5 Å². The molecule has 0 spiro atoms. The molecule has 1 fully saturated rings.